The van der Waals surface area contributed by atoms with Gasteiger partial charge in [0.05, 0.1) is 25.5 Å². The molecule has 0 aromatic heterocycles. The molecule has 0 unspecified atom stereocenters. The van der Waals surface area contributed by atoms with E-state index in [1.54, 1.807) is 30.3 Å². The molecule has 8 heteroatoms. The molecule has 0 fully saturated rings. The summed E-state index contributed by atoms with van der Waals surface area (Å²) in [6, 6.07) is 9.66. The van der Waals surface area contributed by atoms with Crippen molar-refractivity contribution in [2.45, 2.75) is 13.0 Å². The number of esters is 1. The Bertz CT molecular complexity index is 865. The van der Waals surface area contributed by atoms with Crippen molar-refractivity contribution in [1.82, 2.24) is 0 Å². The number of rotatable bonds is 6. The highest BCUT2D eigenvalue weighted by Gasteiger charge is 2.22. The van der Waals surface area contributed by atoms with Gasteiger partial charge >= 0.3 is 5.97 Å². The number of nitrogens with one attached hydrogen (secondary N) is 1. The van der Waals surface area contributed by atoms with Crippen molar-refractivity contribution in [2.24, 2.45) is 0 Å². The first-order chi connectivity index (χ1) is 13.0. The van der Waals surface area contributed by atoms with Crippen molar-refractivity contribution >= 4 is 17.6 Å². The van der Waals surface area contributed by atoms with Crippen LogP contribution in [0, 0.1) is 0 Å². The summed E-state index contributed by atoms with van der Waals surface area (Å²) in [5, 5.41) is 2.67. The van der Waals surface area contributed by atoms with Crippen LogP contribution in [0.25, 0.3) is 0 Å². The lowest BCUT2D eigenvalue weighted by Crippen LogP contribution is -2.30. The zero-order valence-corrected chi connectivity index (χ0v) is 15.1. The lowest BCUT2D eigenvalue weighted by Gasteiger charge is -2.16. The van der Waals surface area contributed by atoms with Crippen LogP contribution in [-0.2, 0) is 9.53 Å². The zero-order chi connectivity index (χ0) is 19.4. The summed E-state index contributed by atoms with van der Waals surface area (Å²) in [6.07, 6.45) is -1.03. The van der Waals surface area contributed by atoms with Gasteiger partial charge in [0.15, 0.2) is 17.6 Å². The molecule has 2 aromatic carbocycles. The Morgan fingerprint density at radius 1 is 1.04 bits per heavy atom. The molecule has 1 heterocycles. The fraction of sp³-hybridized carbons (Fsp3) is 0.263. The predicted molar refractivity (Wildman–Crippen MR) is 95.6 cm³/mol. The van der Waals surface area contributed by atoms with E-state index in [1.165, 1.54) is 27.2 Å². The monoisotopic (exact) mass is 373 g/mol. The SMILES string of the molecule is COc1ccc(OC)c(NC(=O)[C@H](C)OC(=O)c2ccc3c(c2)OCO3)c1. The van der Waals surface area contributed by atoms with E-state index in [2.05, 4.69) is 5.32 Å². The van der Waals surface area contributed by atoms with E-state index < -0.39 is 18.0 Å². The fourth-order valence-electron chi connectivity index (χ4n) is 2.45. The number of fused-ring (bicyclic) bond motifs is 1. The van der Waals surface area contributed by atoms with E-state index >= 15 is 0 Å². The van der Waals surface area contributed by atoms with Crippen molar-refractivity contribution in [1.29, 1.82) is 0 Å². The van der Waals surface area contributed by atoms with E-state index in [4.69, 9.17) is 23.7 Å². The number of carbonyl (C=O) groups excluding carboxylic acids is 2. The maximum absolute atomic E-state index is 12.4. The second-order valence-corrected chi connectivity index (χ2v) is 5.67. The maximum atomic E-state index is 12.4. The van der Waals surface area contributed by atoms with Gasteiger partial charge in [-0.2, -0.15) is 0 Å². The van der Waals surface area contributed by atoms with Gasteiger partial charge in [-0.15, -0.1) is 0 Å². The minimum absolute atomic E-state index is 0.106. The maximum Gasteiger partial charge on any atom is 0.339 e. The third-order valence-electron chi connectivity index (χ3n) is 3.93. The first-order valence-electron chi connectivity index (χ1n) is 8.15. The van der Waals surface area contributed by atoms with E-state index in [0.717, 1.165) is 0 Å². The van der Waals surface area contributed by atoms with Crippen LogP contribution in [0.15, 0.2) is 36.4 Å². The molecule has 0 spiro atoms. The molecule has 0 radical (unpaired) electrons. The summed E-state index contributed by atoms with van der Waals surface area (Å²) >= 11 is 0. The van der Waals surface area contributed by atoms with E-state index in [1.807, 2.05) is 0 Å². The van der Waals surface area contributed by atoms with Crippen molar-refractivity contribution in [3.05, 3.63) is 42.0 Å². The van der Waals surface area contributed by atoms with Crippen molar-refractivity contribution in [3.63, 3.8) is 0 Å². The van der Waals surface area contributed by atoms with Crippen molar-refractivity contribution < 1.29 is 33.3 Å². The third-order valence-corrected chi connectivity index (χ3v) is 3.93. The van der Waals surface area contributed by atoms with Crippen LogP contribution < -0.4 is 24.3 Å². The number of methoxy groups -OCH3 is 2. The highest BCUT2D eigenvalue weighted by Crippen LogP contribution is 2.33. The van der Waals surface area contributed by atoms with Crippen LogP contribution in [0.3, 0.4) is 0 Å². The van der Waals surface area contributed by atoms with E-state index in [-0.39, 0.29) is 12.4 Å². The van der Waals surface area contributed by atoms with Crippen molar-refractivity contribution in [2.75, 3.05) is 26.3 Å². The molecule has 0 saturated carbocycles. The number of hydrogen-bond donors (Lipinski definition) is 1. The summed E-state index contributed by atoms with van der Waals surface area (Å²) < 4.78 is 26.0. The number of carbonyl (C=O) groups is 2. The van der Waals surface area contributed by atoms with Gasteiger partial charge in [0.2, 0.25) is 6.79 Å². The Morgan fingerprint density at radius 3 is 2.56 bits per heavy atom. The molecule has 142 valence electrons. The predicted octanol–water partition coefficient (Wildman–Crippen LogP) is 2.62. The van der Waals surface area contributed by atoms with E-state index in [9.17, 15) is 9.59 Å². The Balaban J connectivity index is 1.66. The highest BCUT2D eigenvalue weighted by atomic mass is 16.7. The smallest absolute Gasteiger partial charge is 0.339 e. The minimum atomic E-state index is -1.03. The van der Waals surface area contributed by atoms with Crippen molar-refractivity contribution in [3.8, 4) is 23.0 Å². The lowest BCUT2D eigenvalue weighted by atomic mass is 10.2. The van der Waals surface area contributed by atoms with Gasteiger partial charge in [-0.25, -0.2) is 4.79 Å². The minimum Gasteiger partial charge on any atom is -0.497 e. The summed E-state index contributed by atoms with van der Waals surface area (Å²) in [5.74, 6) is 0.879. The number of ether oxygens (including phenoxy) is 5. The average Bonchev–Trinajstić information content (AvgIpc) is 3.15. The molecule has 1 atom stereocenters. The van der Waals surface area contributed by atoms with Crippen LogP contribution >= 0.6 is 0 Å². The van der Waals surface area contributed by atoms with Crippen LogP contribution in [0.1, 0.15) is 17.3 Å². The number of hydrogen-bond acceptors (Lipinski definition) is 7. The molecule has 0 bridgehead atoms. The van der Waals surface area contributed by atoms with Crippen LogP contribution in [-0.4, -0.2) is 39.0 Å². The lowest BCUT2D eigenvalue weighted by molar-refractivity contribution is -0.123. The summed E-state index contributed by atoms with van der Waals surface area (Å²) in [6.45, 7) is 1.59. The summed E-state index contributed by atoms with van der Waals surface area (Å²) in [7, 11) is 3.00. The average molecular weight is 373 g/mol. The van der Waals surface area contributed by atoms with Crippen LogP contribution in [0.5, 0.6) is 23.0 Å². The molecule has 3 rings (SSSR count). The number of benzene rings is 2. The summed E-state index contributed by atoms with van der Waals surface area (Å²) in [5.41, 5.74) is 0.672. The summed E-state index contributed by atoms with van der Waals surface area (Å²) in [4.78, 5) is 24.7. The Morgan fingerprint density at radius 2 is 1.81 bits per heavy atom. The van der Waals surface area contributed by atoms with Crippen LogP contribution in [0.2, 0.25) is 0 Å². The van der Waals surface area contributed by atoms with Gasteiger partial charge in [0, 0.05) is 6.07 Å². The molecule has 1 aliphatic rings. The first kappa shape index (κ1) is 18.4. The third kappa shape index (κ3) is 4.05. The molecule has 8 nitrogen and oxygen atoms in total. The number of amides is 1. The second kappa shape index (κ2) is 7.86. The number of anilines is 1. The molecule has 1 N–H and O–H groups in total. The second-order valence-electron chi connectivity index (χ2n) is 5.67. The van der Waals surface area contributed by atoms with Gasteiger partial charge in [-0.05, 0) is 37.3 Å². The first-order valence-corrected chi connectivity index (χ1v) is 8.15. The van der Waals surface area contributed by atoms with Crippen LogP contribution in [0.4, 0.5) is 5.69 Å². The Kier molecular flexibility index (Phi) is 5.35. The van der Waals surface area contributed by atoms with Gasteiger partial charge in [-0.3, -0.25) is 4.79 Å². The standard InChI is InChI=1S/C19H19NO7/c1-11(18(21)20-14-9-13(23-2)5-7-15(14)24-3)27-19(22)12-4-6-16-17(8-12)26-10-25-16/h4-9,11H,10H2,1-3H3,(H,20,21)/t11-/m0/s1. The molecular weight excluding hydrogens is 354 g/mol. The van der Waals surface area contributed by atoms with Gasteiger partial charge < -0.3 is 29.0 Å². The van der Waals surface area contributed by atoms with E-state index in [0.29, 0.717) is 28.7 Å². The molecule has 0 saturated heterocycles. The molecule has 1 amide bonds. The largest absolute Gasteiger partial charge is 0.497 e. The van der Waals surface area contributed by atoms with Gasteiger partial charge in [-0.1, -0.05) is 0 Å². The normalized spacial score (nSPS) is 12.9. The molecule has 27 heavy (non-hydrogen) atoms. The molecule has 1 aliphatic heterocycles. The molecular formula is C19H19NO7. The Hall–Kier alpha value is -3.42. The highest BCUT2D eigenvalue weighted by molar-refractivity contribution is 5.98. The Labute approximate surface area is 155 Å². The van der Waals surface area contributed by atoms with Gasteiger partial charge in [0.1, 0.15) is 11.5 Å². The topological polar surface area (TPSA) is 92.3 Å². The molecule has 0 aliphatic carbocycles. The zero-order valence-electron chi connectivity index (χ0n) is 15.1. The fourth-order valence-corrected chi connectivity index (χ4v) is 2.45. The molecule has 2 aromatic rings. The van der Waals surface area contributed by atoms with Gasteiger partial charge in [0.25, 0.3) is 5.91 Å². The quantitative estimate of drug-likeness (QED) is 0.778.